The molecule has 0 bridgehead atoms. The maximum Gasteiger partial charge on any atom is 0.0808 e. The van der Waals surface area contributed by atoms with E-state index in [1.807, 2.05) is 48.5 Å². The number of hydrogen-bond donors (Lipinski definition) is 1. The number of fused-ring (bicyclic) bond motifs is 6. The molecular formula is C53H38N4. The Morgan fingerprint density at radius 2 is 0.719 bits per heavy atom. The molecule has 2 aromatic heterocycles. The first-order valence-electron chi connectivity index (χ1n) is 19.2. The van der Waals surface area contributed by atoms with Crippen molar-refractivity contribution in [2.24, 2.45) is 10.7 Å². The van der Waals surface area contributed by atoms with Gasteiger partial charge in [0.15, 0.2) is 0 Å². The van der Waals surface area contributed by atoms with Gasteiger partial charge >= 0.3 is 0 Å². The molecule has 2 heterocycles. The molecule has 0 atom stereocenters. The van der Waals surface area contributed by atoms with Crippen LogP contribution in [0.4, 0.5) is 0 Å². The fraction of sp³-hybridized carbons (Fsp3) is 0. The van der Waals surface area contributed by atoms with Gasteiger partial charge in [-0.1, -0.05) is 164 Å². The van der Waals surface area contributed by atoms with Crippen molar-refractivity contribution < 1.29 is 0 Å². The Hall–Kier alpha value is -7.69. The topological polar surface area (TPSA) is 48.2 Å². The van der Waals surface area contributed by atoms with Crippen LogP contribution in [0.25, 0.3) is 72.0 Å². The molecule has 0 aliphatic rings. The molecule has 8 aromatic carbocycles. The van der Waals surface area contributed by atoms with Gasteiger partial charge in [-0.15, -0.1) is 0 Å². The molecule has 0 amide bonds. The third-order valence-corrected chi connectivity index (χ3v) is 10.9. The molecule has 4 heteroatoms. The predicted molar refractivity (Wildman–Crippen MR) is 241 cm³/mol. The van der Waals surface area contributed by atoms with Gasteiger partial charge in [0.2, 0.25) is 0 Å². The fourth-order valence-corrected chi connectivity index (χ4v) is 8.22. The lowest BCUT2D eigenvalue weighted by Crippen LogP contribution is -2.12. The van der Waals surface area contributed by atoms with Crippen molar-refractivity contribution in [3.05, 3.63) is 235 Å². The SMILES string of the molecule is C=C(/N=C(\C(=C(/N)c1ccc(-n2c3ccccc3c3ccccc32)cc1)c1ccccc1)c1ccc(-n2c3ccccc3c3ccccc32)cc1)c1ccccc1. The van der Waals surface area contributed by atoms with Crippen LogP contribution >= 0.6 is 0 Å². The van der Waals surface area contributed by atoms with Crippen LogP contribution in [0, 0.1) is 0 Å². The highest BCUT2D eigenvalue weighted by atomic mass is 15.0. The van der Waals surface area contributed by atoms with Crippen molar-refractivity contribution in [2.75, 3.05) is 0 Å². The smallest absolute Gasteiger partial charge is 0.0808 e. The standard InChI is InChI=1S/C53H38N4/c1-36(37-16-4-2-5-17-37)55-53(40-30-34-42(35-31-40)57-49-26-14-10-22-45(49)46-23-11-15-27-50(46)57)51(38-18-6-3-7-19-38)52(54)39-28-32-41(33-29-39)56-47-24-12-8-20-43(47)44-21-9-13-25-48(44)56/h2-35H,1,54H2/b52-51-,55-53-. The van der Waals surface area contributed by atoms with Crippen LogP contribution in [-0.4, -0.2) is 14.8 Å². The minimum absolute atomic E-state index is 0.626. The molecule has 0 fully saturated rings. The van der Waals surface area contributed by atoms with Crippen molar-refractivity contribution >= 4 is 66.3 Å². The van der Waals surface area contributed by atoms with Gasteiger partial charge in [-0.3, -0.25) is 0 Å². The highest BCUT2D eigenvalue weighted by Gasteiger charge is 2.20. The van der Waals surface area contributed by atoms with Gasteiger partial charge in [0.25, 0.3) is 0 Å². The highest BCUT2D eigenvalue weighted by molar-refractivity contribution is 6.37. The van der Waals surface area contributed by atoms with Gasteiger partial charge in [-0.05, 0) is 65.2 Å². The van der Waals surface area contributed by atoms with Gasteiger partial charge in [0, 0.05) is 49.8 Å². The number of benzene rings is 8. The summed E-state index contributed by atoms with van der Waals surface area (Å²) < 4.78 is 4.65. The van der Waals surface area contributed by atoms with E-state index in [4.69, 9.17) is 10.7 Å². The largest absolute Gasteiger partial charge is 0.398 e. The highest BCUT2D eigenvalue weighted by Crippen LogP contribution is 2.35. The van der Waals surface area contributed by atoms with E-state index in [0.717, 1.165) is 67.0 Å². The van der Waals surface area contributed by atoms with E-state index in [2.05, 4.69) is 173 Å². The summed E-state index contributed by atoms with van der Waals surface area (Å²) in [6.07, 6.45) is 0. The molecule has 2 N–H and O–H groups in total. The molecular weight excluding hydrogens is 693 g/mol. The Kier molecular flexibility index (Phi) is 8.42. The number of nitrogens with two attached hydrogens (primary N) is 1. The lowest BCUT2D eigenvalue weighted by atomic mass is 9.91. The van der Waals surface area contributed by atoms with Gasteiger partial charge in [0.05, 0.1) is 33.5 Å². The first-order chi connectivity index (χ1) is 28.1. The van der Waals surface area contributed by atoms with E-state index in [0.29, 0.717) is 11.4 Å². The van der Waals surface area contributed by atoms with Crippen molar-refractivity contribution in [3.63, 3.8) is 0 Å². The van der Waals surface area contributed by atoms with Gasteiger partial charge < -0.3 is 14.9 Å². The van der Waals surface area contributed by atoms with Gasteiger partial charge in [-0.2, -0.15) is 0 Å². The van der Waals surface area contributed by atoms with Crippen LogP contribution in [0.5, 0.6) is 0 Å². The van der Waals surface area contributed by atoms with E-state index in [9.17, 15) is 0 Å². The Bertz CT molecular complexity index is 3060. The van der Waals surface area contributed by atoms with E-state index in [-0.39, 0.29) is 0 Å². The molecule has 4 nitrogen and oxygen atoms in total. The van der Waals surface area contributed by atoms with E-state index in [1.165, 1.54) is 21.5 Å². The summed E-state index contributed by atoms with van der Waals surface area (Å²) >= 11 is 0. The van der Waals surface area contributed by atoms with Crippen LogP contribution in [0.2, 0.25) is 0 Å². The predicted octanol–water partition coefficient (Wildman–Crippen LogP) is 12.9. The van der Waals surface area contributed by atoms with Crippen LogP contribution < -0.4 is 5.73 Å². The average molecular weight is 731 g/mol. The van der Waals surface area contributed by atoms with Crippen molar-refractivity contribution in [2.45, 2.75) is 0 Å². The quantitative estimate of drug-likeness (QED) is 0.123. The summed E-state index contributed by atoms with van der Waals surface area (Å²) in [5.74, 6) is 0. The first kappa shape index (κ1) is 33.8. The molecule has 57 heavy (non-hydrogen) atoms. The number of nitrogens with zero attached hydrogens (tertiary/aromatic N) is 3. The summed E-state index contributed by atoms with van der Waals surface area (Å²) in [7, 11) is 0. The number of rotatable bonds is 8. The van der Waals surface area contributed by atoms with Gasteiger partial charge in [-0.25, -0.2) is 4.99 Å². The summed E-state index contributed by atoms with van der Waals surface area (Å²) in [5, 5.41) is 4.91. The lowest BCUT2D eigenvalue weighted by Gasteiger charge is -2.18. The zero-order valence-electron chi connectivity index (χ0n) is 31.3. The zero-order chi connectivity index (χ0) is 38.3. The Balaban J connectivity index is 1.14. The first-order valence-corrected chi connectivity index (χ1v) is 19.2. The fourth-order valence-electron chi connectivity index (χ4n) is 8.22. The molecule has 0 aliphatic heterocycles. The summed E-state index contributed by atoms with van der Waals surface area (Å²) in [6, 6.07) is 71.9. The molecule has 0 radical (unpaired) electrons. The van der Waals surface area contributed by atoms with Crippen LogP contribution in [0.1, 0.15) is 22.3 Å². The number of para-hydroxylation sites is 4. The molecule has 0 saturated carbocycles. The van der Waals surface area contributed by atoms with Crippen LogP contribution in [-0.2, 0) is 0 Å². The maximum absolute atomic E-state index is 7.36. The van der Waals surface area contributed by atoms with Crippen LogP contribution in [0.15, 0.2) is 218 Å². The molecule has 10 rings (SSSR count). The minimum atomic E-state index is 0.626. The van der Waals surface area contributed by atoms with E-state index < -0.39 is 0 Å². The molecule has 0 saturated heterocycles. The summed E-state index contributed by atoms with van der Waals surface area (Å²) in [6.45, 7) is 4.46. The van der Waals surface area contributed by atoms with Crippen molar-refractivity contribution in [1.82, 2.24) is 9.13 Å². The van der Waals surface area contributed by atoms with Crippen molar-refractivity contribution in [3.8, 4) is 11.4 Å². The molecule has 0 spiro atoms. The van der Waals surface area contributed by atoms with E-state index in [1.54, 1.807) is 0 Å². The number of aliphatic imine (C=N–C) groups is 1. The number of allylic oxidation sites excluding steroid dienone is 1. The van der Waals surface area contributed by atoms with Crippen LogP contribution in [0.3, 0.4) is 0 Å². The number of hydrogen-bond acceptors (Lipinski definition) is 2. The maximum atomic E-state index is 7.36. The second-order valence-electron chi connectivity index (χ2n) is 14.3. The second-order valence-corrected chi connectivity index (χ2v) is 14.3. The average Bonchev–Trinajstić information content (AvgIpc) is 3.80. The van der Waals surface area contributed by atoms with E-state index >= 15 is 0 Å². The molecule has 270 valence electrons. The van der Waals surface area contributed by atoms with Crippen molar-refractivity contribution in [1.29, 1.82) is 0 Å². The monoisotopic (exact) mass is 730 g/mol. The zero-order valence-corrected chi connectivity index (χ0v) is 31.3. The Morgan fingerprint density at radius 3 is 1.14 bits per heavy atom. The van der Waals surface area contributed by atoms with Gasteiger partial charge in [0.1, 0.15) is 0 Å². The Labute approximate surface area is 331 Å². The summed E-state index contributed by atoms with van der Waals surface area (Å²) in [5.41, 5.74) is 20.8. The third-order valence-electron chi connectivity index (χ3n) is 10.9. The normalized spacial score (nSPS) is 12.4. The lowest BCUT2D eigenvalue weighted by molar-refractivity contribution is 1.18. The number of aromatic nitrogens is 2. The Morgan fingerprint density at radius 1 is 0.368 bits per heavy atom. The third kappa shape index (κ3) is 5.92. The second kappa shape index (κ2) is 14.2. The summed E-state index contributed by atoms with van der Waals surface area (Å²) in [4.78, 5) is 5.33. The minimum Gasteiger partial charge on any atom is -0.398 e. The molecule has 0 aliphatic carbocycles. The molecule has 0 unspecified atom stereocenters. The molecule has 10 aromatic rings.